The number of hydrogen-bond donors (Lipinski definition) is 1. The minimum atomic E-state index is -0.954. The summed E-state index contributed by atoms with van der Waals surface area (Å²) in [5.41, 5.74) is 0.954. The zero-order chi connectivity index (χ0) is 14.8. The van der Waals surface area contributed by atoms with Crippen LogP contribution in [0.5, 0.6) is 0 Å². The van der Waals surface area contributed by atoms with E-state index in [9.17, 15) is 14.7 Å². The average Bonchev–Trinajstić information content (AvgIpc) is 3.30. The maximum Gasteiger partial charge on any atom is 0.407 e. The van der Waals surface area contributed by atoms with Crippen LogP contribution in [0.15, 0.2) is 30.3 Å². The van der Waals surface area contributed by atoms with Crippen LogP contribution in [0.4, 0.5) is 4.79 Å². The van der Waals surface area contributed by atoms with Crippen molar-refractivity contribution in [3.63, 3.8) is 0 Å². The fourth-order valence-corrected chi connectivity index (χ4v) is 2.92. The molecule has 2 amide bonds. The summed E-state index contributed by atoms with van der Waals surface area (Å²) >= 11 is 0. The molecule has 1 unspecified atom stereocenters. The molecule has 21 heavy (non-hydrogen) atoms. The average molecular weight is 288 g/mol. The van der Waals surface area contributed by atoms with Crippen LogP contribution in [0.2, 0.25) is 0 Å². The van der Waals surface area contributed by atoms with Gasteiger partial charge in [-0.05, 0) is 24.3 Å². The molecule has 2 aliphatic rings. The lowest BCUT2D eigenvalue weighted by Gasteiger charge is -2.30. The van der Waals surface area contributed by atoms with Crippen LogP contribution in [0.3, 0.4) is 0 Å². The van der Waals surface area contributed by atoms with Gasteiger partial charge >= 0.3 is 6.09 Å². The van der Waals surface area contributed by atoms with E-state index in [1.165, 1.54) is 17.7 Å². The maximum absolute atomic E-state index is 12.2. The molecule has 1 aliphatic carbocycles. The molecule has 5 heteroatoms. The van der Waals surface area contributed by atoms with E-state index in [0.717, 1.165) is 12.1 Å². The number of hydrogen-bond acceptors (Lipinski definition) is 2. The van der Waals surface area contributed by atoms with E-state index in [1.807, 2.05) is 35.2 Å². The third-order valence-corrected chi connectivity index (χ3v) is 4.29. The van der Waals surface area contributed by atoms with Crippen LogP contribution < -0.4 is 0 Å². The number of benzene rings is 1. The molecule has 0 aromatic heterocycles. The Kier molecular flexibility index (Phi) is 3.82. The second-order valence-corrected chi connectivity index (χ2v) is 5.89. The van der Waals surface area contributed by atoms with E-state index in [2.05, 4.69) is 0 Å². The van der Waals surface area contributed by atoms with Crippen LogP contribution in [0, 0.1) is 5.92 Å². The fraction of sp³-hybridized carbons (Fsp3) is 0.500. The lowest BCUT2D eigenvalue weighted by Crippen LogP contribution is -2.39. The van der Waals surface area contributed by atoms with Crippen molar-refractivity contribution in [1.29, 1.82) is 0 Å². The highest BCUT2D eigenvalue weighted by Gasteiger charge is 2.35. The molecule has 1 saturated carbocycles. The number of carbonyl (C=O) groups is 2. The van der Waals surface area contributed by atoms with E-state index in [1.54, 1.807) is 0 Å². The Bertz CT molecular complexity index is 528. The first-order chi connectivity index (χ1) is 10.1. The van der Waals surface area contributed by atoms with Crippen LogP contribution in [-0.4, -0.2) is 46.5 Å². The van der Waals surface area contributed by atoms with Gasteiger partial charge in [-0.3, -0.25) is 9.69 Å². The summed E-state index contributed by atoms with van der Waals surface area (Å²) in [5.74, 6) is 0.688. The summed E-state index contributed by atoms with van der Waals surface area (Å²) < 4.78 is 0. The topological polar surface area (TPSA) is 60.9 Å². The largest absolute Gasteiger partial charge is 0.465 e. The second kappa shape index (κ2) is 5.76. The van der Waals surface area contributed by atoms with Gasteiger partial charge in [0.2, 0.25) is 5.91 Å². The Morgan fingerprint density at radius 2 is 1.95 bits per heavy atom. The highest BCUT2D eigenvalue weighted by molar-refractivity contribution is 5.78. The van der Waals surface area contributed by atoms with Gasteiger partial charge in [0.05, 0.1) is 6.04 Å². The smallest absolute Gasteiger partial charge is 0.407 e. The molecule has 112 valence electrons. The molecule has 1 aromatic carbocycles. The number of carboxylic acid groups (broad SMARTS) is 1. The highest BCUT2D eigenvalue weighted by Crippen LogP contribution is 2.32. The monoisotopic (exact) mass is 288 g/mol. The summed E-state index contributed by atoms with van der Waals surface area (Å²) in [5, 5.41) is 9.46. The van der Waals surface area contributed by atoms with E-state index >= 15 is 0 Å². The maximum atomic E-state index is 12.2. The van der Waals surface area contributed by atoms with E-state index < -0.39 is 6.09 Å². The summed E-state index contributed by atoms with van der Waals surface area (Å²) in [7, 11) is 0. The van der Waals surface area contributed by atoms with Gasteiger partial charge in [0.25, 0.3) is 0 Å². The molecular weight excluding hydrogens is 268 g/mol. The molecule has 3 rings (SSSR count). The SMILES string of the molecule is O=C1CCN(C(=O)O)C(c2ccccc2)CN1CC1CC1. The lowest BCUT2D eigenvalue weighted by molar-refractivity contribution is -0.130. The number of amides is 2. The van der Waals surface area contributed by atoms with Crippen LogP contribution >= 0.6 is 0 Å². The second-order valence-electron chi connectivity index (χ2n) is 5.89. The van der Waals surface area contributed by atoms with Crippen molar-refractivity contribution in [2.24, 2.45) is 5.92 Å². The van der Waals surface area contributed by atoms with Crippen molar-refractivity contribution in [3.8, 4) is 0 Å². The number of carbonyl (C=O) groups excluding carboxylic acids is 1. The Morgan fingerprint density at radius 3 is 2.57 bits per heavy atom. The van der Waals surface area contributed by atoms with E-state index in [0.29, 0.717) is 12.5 Å². The minimum absolute atomic E-state index is 0.0755. The van der Waals surface area contributed by atoms with Crippen molar-refractivity contribution in [2.75, 3.05) is 19.6 Å². The molecule has 1 heterocycles. The van der Waals surface area contributed by atoms with Gasteiger partial charge in [0, 0.05) is 26.1 Å². The molecule has 2 fully saturated rings. The molecule has 1 aromatic rings. The van der Waals surface area contributed by atoms with Crippen molar-refractivity contribution in [2.45, 2.75) is 25.3 Å². The van der Waals surface area contributed by atoms with Gasteiger partial charge in [-0.1, -0.05) is 30.3 Å². The zero-order valence-corrected chi connectivity index (χ0v) is 11.9. The van der Waals surface area contributed by atoms with Crippen molar-refractivity contribution >= 4 is 12.0 Å². The molecular formula is C16H20N2O3. The predicted molar refractivity (Wildman–Crippen MR) is 77.8 cm³/mol. The molecule has 0 bridgehead atoms. The zero-order valence-electron chi connectivity index (χ0n) is 11.9. The summed E-state index contributed by atoms with van der Waals surface area (Å²) in [6.45, 7) is 1.51. The first kappa shape index (κ1) is 13.9. The van der Waals surface area contributed by atoms with Crippen LogP contribution in [-0.2, 0) is 4.79 Å². The van der Waals surface area contributed by atoms with Crippen molar-refractivity contribution < 1.29 is 14.7 Å². The van der Waals surface area contributed by atoms with Crippen LogP contribution in [0.25, 0.3) is 0 Å². The summed E-state index contributed by atoms with van der Waals surface area (Å²) in [6.07, 6.45) is 1.69. The van der Waals surface area contributed by atoms with Crippen molar-refractivity contribution in [3.05, 3.63) is 35.9 Å². The Labute approximate surface area is 124 Å². The van der Waals surface area contributed by atoms with Crippen molar-refractivity contribution in [1.82, 2.24) is 9.80 Å². The van der Waals surface area contributed by atoms with Gasteiger partial charge in [-0.2, -0.15) is 0 Å². The van der Waals surface area contributed by atoms with Crippen LogP contribution in [0.1, 0.15) is 30.9 Å². The molecule has 5 nitrogen and oxygen atoms in total. The number of rotatable bonds is 3. The minimum Gasteiger partial charge on any atom is -0.465 e. The van der Waals surface area contributed by atoms with Gasteiger partial charge in [-0.25, -0.2) is 4.79 Å². The third kappa shape index (κ3) is 3.17. The predicted octanol–water partition coefficient (Wildman–Crippen LogP) is 2.35. The lowest BCUT2D eigenvalue weighted by atomic mass is 10.1. The molecule has 1 aliphatic heterocycles. The first-order valence-electron chi connectivity index (χ1n) is 7.47. The fourth-order valence-electron chi connectivity index (χ4n) is 2.92. The van der Waals surface area contributed by atoms with Gasteiger partial charge in [0.1, 0.15) is 0 Å². The Balaban J connectivity index is 1.86. The summed E-state index contributed by atoms with van der Waals surface area (Å²) in [6, 6.07) is 9.34. The molecule has 0 spiro atoms. The molecule has 1 atom stereocenters. The quantitative estimate of drug-likeness (QED) is 0.928. The highest BCUT2D eigenvalue weighted by atomic mass is 16.4. The standard InChI is InChI=1S/C16H20N2O3/c19-15-8-9-18(16(20)21)14(13-4-2-1-3-5-13)11-17(15)10-12-6-7-12/h1-5,12,14H,6-11H2,(H,20,21). The summed E-state index contributed by atoms with van der Waals surface area (Å²) in [4.78, 5) is 27.0. The van der Waals surface area contributed by atoms with Gasteiger partial charge < -0.3 is 10.0 Å². The normalized spacial score (nSPS) is 23.0. The molecule has 0 radical (unpaired) electrons. The van der Waals surface area contributed by atoms with E-state index in [4.69, 9.17) is 0 Å². The number of nitrogens with zero attached hydrogens (tertiary/aromatic N) is 2. The third-order valence-electron chi connectivity index (χ3n) is 4.29. The molecule has 1 N–H and O–H groups in total. The molecule has 1 saturated heterocycles. The Hall–Kier alpha value is -2.04. The first-order valence-corrected chi connectivity index (χ1v) is 7.47. The Morgan fingerprint density at radius 1 is 1.24 bits per heavy atom. The van der Waals surface area contributed by atoms with Gasteiger partial charge in [-0.15, -0.1) is 0 Å². The van der Waals surface area contributed by atoms with Gasteiger partial charge in [0.15, 0.2) is 0 Å². The van der Waals surface area contributed by atoms with E-state index in [-0.39, 0.29) is 24.9 Å².